The number of imide groups is 1. The Hall–Kier alpha value is -3.47. The molecule has 12 nitrogen and oxygen atoms in total. The van der Waals surface area contributed by atoms with Crippen molar-refractivity contribution in [2.75, 3.05) is 44.8 Å². The van der Waals surface area contributed by atoms with E-state index < -0.39 is 23.4 Å². The van der Waals surface area contributed by atoms with E-state index in [-0.39, 0.29) is 6.54 Å². The van der Waals surface area contributed by atoms with Crippen LogP contribution in [0.15, 0.2) is 34.3 Å². The highest BCUT2D eigenvalue weighted by atomic mass is 16.5. The van der Waals surface area contributed by atoms with Gasteiger partial charge in [0.15, 0.2) is 0 Å². The van der Waals surface area contributed by atoms with Gasteiger partial charge in [-0.2, -0.15) is 5.10 Å². The standard InChI is InChI=1S/C20H27N7O5/c1-3-17(19(29)25-14(2)28)27-20(30)18-15(13-24-27)5-4-6-16(18)22-7-9-31-11-12-32-10-8-23-26-21/h4-6,13,17,22H,3,7-12H2,1-2H3,(H,25,28,29). The second-order valence-corrected chi connectivity index (χ2v) is 6.74. The predicted molar refractivity (Wildman–Crippen MR) is 118 cm³/mol. The summed E-state index contributed by atoms with van der Waals surface area (Å²) < 4.78 is 11.8. The Labute approximate surface area is 184 Å². The van der Waals surface area contributed by atoms with Crippen LogP contribution in [0.25, 0.3) is 21.2 Å². The van der Waals surface area contributed by atoms with Gasteiger partial charge in [-0.25, -0.2) is 4.68 Å². The molecule has 0 aliphatic rings. The molecule has 0 bridgehead atoms. The van der Waals surface area contributed by atoms with E-state index in [1.807, 2.05) is 0 Å². The van der Waals surface area contributed by atoms with E-state index in [9.17, 15) is 14.4 Å². The Morgan fingerprint density at radius 1 is 1.25 bits per heavy atom. The number of anilines is 1. The third-order valence-corrected chi connectivity index (χ3v) is 4.46. The zero-order valence-electron chi connectivity index (χ0n) is 18.1. The number of benzene rings is 1. The zero-order chi connectivity index (χ0) is 23.3. The minimum atomic E-state index is -0.897. The SMILES string of the molecule is CCC(C(=O)NC(C)=O)n1ncc2cccc(NCCOCCOCCN=[N+]=[N-])c2c1=O. The first-order valence-corrected chi connectivity index (χ1v) is 10.2. The van der Waals surface area contributed by atoms with Crippen molar-refractivity contribution in [2.24, 2.45) is 5.11 Å². The van der Waals surface area contributed by atoms with Gasteiger partial charge in [-0.05, 0) is 18.0 Å². The molecule has 2 amide bonds. The van der Waals surface area contributed by atoms with Gasteiger partial charge in [0.25, 0.3) is 11.5 Å². The fourth-order valence-electron chi connectivity index (χ4n) is 3.03. The molecule has 1 atom stereocenters. The van der Waals surface area contributed by atoms with Crippen LogP contribution in [0.3, 0.4) is 0 Å². The molecule has 0 spiro atoms. The van der Waals surface area contributed by atoms with Crippen LogP contribution in [-0.4, -0.2) is 61.1 Å². The lowest BCUT2D eigenvalue weighted by molar-refractivity contribution is -0.131. The van der Waals surface area contributed by atoms with Gasteiger partial charge < -0.3 is 14.8 Å². The maximum absolute atomic E-state index is 13.1. The number of carbonyl (C=O) groups is 2. The number of amides is 2. The Balaban J connectivity index is 2.03. The second-order valence-electron chi connectivity index (χ2n) is 6.74. The summed E-state index contributed by atoms with van der Waals surface area (Å²) in [5.74, 6) is -1.07. The fraction of sp³-hybridized carbons (Fsp3) is 0.500. The first kappa shape index (κ1) is 24.8. The van der Waals surface area contributed by atoms with E-state index in [4.69, 9.17) is 15.0 Å². The molecular formula is C20H27N7O5. The molecule has 0 aliphatic carbocycles. The summed E-state index contributed by atoms with van der Waals surface area (Å²) >= 11 is 0. The van der Waals surface area contributed by atoms with Crippen LogP contribution < -0.4 is 16.2 Å². The van der Waals surface area contributed by atoms with Crippen molar-refractivity contribution in [3.63, 3.8) is 0 Å². The highest BCUT2D eigenvalue weighted by Gasteiger charge is 2.23. The Morgan fingerprint density at radius 3 is 2.69 bits per heavy atom. The van der Waals surface area contributed by atoms with Crippen molar-refractivity contribution in [2.45, 2.75) is 26.3 Å². The maximum atomic E-state index is 13.1. The van der Waals surface area contributed by atoms with Crippen molar-refractivity contribution < 1.29 is 19.1 Å². The fourth-order valence-corrected chi connectivity index (χ4v) is 3.03. The summed E-state index contributed by atoms with van der Waals surface area (Å²) in [7, 11) is 0. The van der Waals surface area contributed by atoms with Crippen LogP contribution in [0.5, 0.6) is 0 Å². The molecule has 1 aromatic heterocycles. The lowest BCUT2D eigenvalue weighted by Gasteiger charge is -2.17. The highest BCUT2D eigenvalue weighted by molar-refractivity contribution is 5.96. The molecule has 2 N–H and O–H groups in total. The monoisotopic (exact) mass is 445 g/mol. The lowest BCUT2D eigenvalue weighted by atomic mass is 10.1. The number of aromatic nitrogens is 2. The van der Waals surface area contributed by atoms with Crippen molar-refractivity contribution in [3.05, 3.63) is 45.2 Å². The molecule has 1 unspecified atom stereocenters. The highest BCUT2D eigenvalue weighted by Crippen LogP contribution is 2.20. The Bertz CT molecular complexity index is 1030. The number of fused-ring (bicyclic) bond motifs is 1. The summed E-state index contributed by atoms with van der Waals surface area (Å²) in [6.07, 6.45) is 1.82. The predicted octanol–water partition coefficient (Wildman–Crippen LogP) is 1.77. The summed E-state index contributed by atoms with van der Waals surface area (Å²) in [5.41, 5.74) is 8.34. The molecule has 1 heterocycles. The van der Waals surface area contributed by atoms with Crippen molar-refractivity contribution in [3.8, 4) is 0 Å². The normalized spacial score (nSPS) is 11.6. The maximum Gasteiger partial charge on any atom is 0.277 e. The number of nitrogens with zero attached hydrogens (tertiary/aromatic N) is 5. The van der Waals surface area contributed by atoms with Gasteiger partial charge >= 0.3 is 0 Å². The molecule has 12 heteroatoms. The smallest absolute Gasteiger partial charge is 0.277 e. The third-order valence-electron chi connectivity index (χ3n) is 4.46. The lowest BCUT2D eigenvalue weighted by Crippen LogP contribution is -2.40. The topological polar surface area (TPSA) is 160 Å². The number of carbonyl (C=O) groups excluding carboxylic acids is 2. The van der Waals surface area contributed by atoms with Gasteiger partial charge in [0.05, 0.1) is 38.0 Å². The summed E-state index contributed by atoms with van der Waals surface area (Å²) in [6, 6.07) is 4.43. The Morgan fingerprint density at radius 2 is 2.00 bits per heavy atom. The molecule has 1 aromatic carbocycles. The zero-order valence-corrected chi connectivity index (χ0v) is 18.1. The minimum absolute atomic E-state index is 0.279. The van der Waals surface area contributed by atoms with Gasteiger partial charge in [0.2, 0.25) is 5.91 Å². The van der Waals surface area contributed by atoms with Crippen molar-refractivity contribution >= 4 is 28.3 Å². The van der Waals surface area contributed by atoms with E-state index >= 15 is 0 Å². The molecule has 2 aromatic rings. The molecule has 0 saturated heterocycles. The average Bonchev–Trinajstić information content (AvgIpc) is 2.76. The molecule has 0 aliphatic heterocycles. The first-order valence-electron chi connectivity index (χ1n) is 10.2. The third kappa shape index (κ3) is 7.05. The van der Waals surface area contributed by atoms with Crippen LogP contribution >= 0.6 is 0 Å². The number of rotatable bonds is 13. The molecule has 172 valence electrons. The number of ether oxygens (including phenoxy) is 2. The largest absolute Gasteiger partial charge is 0.382 e. The second kappa shape index (κ2) is 13.1. The van der Waals surface area contributed by atoms with Crippen LogP contribution in [0, 0.1) is 0 Å². The van der Waals surface area contributed by atoms with Crippen molar-refractivity contribution in [1.82, 2.24) is 15.1 Å². The van der Waals surface area contributed by atoms with Crippen LogP contribution in [-0.2, 0) is 19.1 Å². The van der Waals surface area contributed by atoms with Crippen molar-refractivity contribution in [1.29, 1.82) is 0 Å². The van der Waals surface area contributed by atoms with E-state index in [1.54, 1.807) is 25.1 Å². The molecule has 0 fully saturated rings. The number of nitrogens with one attached hydrogen (secondary N) is 2. The van der Waals surface area contributed by atoms with Gasteiger partial charge in [0, 0.05) is 36.0 Å². The molecule has 32 heavy (non-hydrogen) atoms. The Kier molecular flexibility index (Phi) is 10.1. The van der Waals surface area contributed by atoms with E-state index in [0.717, 1.165) is 4.68 Å². The number of azide groups is 1. The average molecular weight is 445 g/mol. The quantitative estimate of drug-likeness (QED) is 0.205. The molecular weight excluding hydrogens is 418 g/mol. The van der Waals surface area contributed by atoms with E-state index in [2.05, 4.69) is 25.8 Å². The van der Waals surface area contributed by atoms with E-state index in [1.165, 1.54) is 13.1 Å². The minimum Gasteiger partial charge on any atom is -0.382 e. The van der Waals surface area contributed by atoms with Gasteiger partial charge in [-0.1, -0.05) is 24.2 Å². The molecule has 2 rings (SSSR count). The van der Waals surface area contributed by atoms with E-state index in [0.29, 0.717) is 55.9 Å². The summed E-state index contributed by atoms with van der Waals surface area (Å²) in [4.78, 5) is 39.4. The summed E-state index contributed by atoms with van der Waals surface area (Å²) in [6.45, 7) is 5.19. The van der Waals surface area contributed by atoms with Gasteiger partial charge in [-0.3, -0.25) is 19.7 Å². The molecule has 0 saturated carbocycles. The summed E-state index contributed by atoms with van der Waals surface area (Å²) in [5, 5.41) is 13.9. The van der Waals surface area contributed by atoms with Crippen LogP contribution in [0.1, 0.15) is 26.3 Å². The van der Waals surface area contributed by atoms with Gasteiger partial charge in [-0.15, -0.1) is 0 Å². The number of hydrogen-bond donors (Lipinski definition) is 2. The van der Waals surface area contributed by atoms with Gasteiger partial charge in [0.1, 0.15) is 6.04 Å². The first-order chi connectivity index (χ1) is 15.5. The van der Waals surface area contributed by atoms with Crippen LogP contribution in [0.2, 0.25) is 0 Å². The number of hydrogen-bond acceptors (Lipinski definition) is 8. The molecule has 0 radical (unpaired) electrons. The van der Waals surface area contributed by atoms with Crippen LogP contribution in [0.4, 0.5) is 5.69 Å².